The largest absolute Gasteiger partial charge is 0.365 e. The van der Waals surface area contributed by atoms with Gasteiger partial charge in [0.15, 0.2) is 5.79 Å². The summed E-state index contributed by atoms with van der Waals surface area (Å²) in [7, 11) is 0. The van der Waals surface area contributed by atoms with Crippen molar-refractivity contribution in [3.8, 4) is 0 Å². The van der Waals surface area contributed by atoms with E-state index in [1.54, 1.807) is 6.92 Å². The Labute approximate surface area is 59.7 Å². The molecular formula is C6H13O4. The number of aliphatic hydroxyl groups is 4. The van der Waals surface area contributed by atoms with Crippen molar-refractivity contribution in [3.05, 3.63) is 6.29 Å². The highest BCUT2D eigenvalue weighted by Gasteiger charge is 2.34. The fraction of sp³-hybridized carbons (Fsp3) is 0.833. The highest BCUT2D eigenvalue weighted by atomic mass is 16.5. The van der Waals surface area contributed by atoms with Gasteiger partial charge in [-0.2, -0.15) is 0 Å². The summed E-state index contributed by atoms with van der Waals surface area (Å²) in [6, 6.07) is 0. The fourth-order valence-corrected chi connectivity index (χ4v) is 0.513. The molecule has 0 saturated carbocycles. The summed E-state index contributed by atoms with van der Waals surface area (Å²) in [6.07, 6.45) is -0.898. The standard InChI is InChI=1S/C6H13O4/c1-3-6(9,10)4(2)5(7)8/h4,7-10H,3H2,1-2H3. The van der Waals surface area contributed by atoms with Crippen molar-refractivity contribution in [2.24, 2.45) is 5.92 Å². The molecule has 0 aliphatic carbocycles. The molecule has 0 amide bonds. The van der Waals surface area contributed by atoms with Crippen LogP contribution in [0.3, 0.4) is 0 Å². The van der Waals surface area contributed by atoms with Gasteiger partial charge in [-0.15, -0.1) is 0 Å². The van der Waals surface area contributed by atoms with Crippen molar-refractivity contribution in [1.82, 2.24) is 0 Å². The van der Waals surface area contributed by atoms with Crippen LogP contribution in [-0.4, -0.2) is 26.2 Å². The van der Waals surface area contributed by atoms with Gasteiger partial charge in [-0.05, 0) is 6.42 Å². The van der Waals surface area contributed by atoms with E-state index in [9.17, 15) is 0 Å². The normalized spacial score (nSPS) is 15.9. The lowest BCUT2D eigenvalue weighted by molar-refractivity contribution is -0.218. The summed E-state index contributed by atoms with van der Waals surface area (Å²) in [6.45, 7) is 2.86. The quantitative estimate of drug-likeness (QED) is 0.424. The average Bonchev–Trinajstić information content (AvgIpc) is 1.86. The van der Waals surface area contributed by atoms with Gasteiger partial charge in [0.1, 0.15) is 0 Å². The van der Waals surface area contributed by atoms with Crippen molar-refractivity contribution in [2.75, 3.05) is 0 Å². The minimum atomic E-state index is -2.02. The summed E-state index contributed by atoms with van der Waals surface area (Å²) in [4.78, 5) is 0. The molecule has 1 radical (unpaired) electrons. The van der Waals surface area contributed by atoms with Gasteiger partial charge in [0.05, 0.1) is 5.92 Å². The van der Waals surface area contributed by atoms with Crippen molar-refractivity contribution in [1.29, 1.82) is 0 Å². The van der Waals surface area contributed by atoms with Crippen molar-refractivity contribution < 1.29 is 20.4 Å². The number of rotatable bonds is 3. The fourth-order valence-electron chi connectivity index (χ4n) is 0.513. The molecule has 4 N–H and O–H groups in total. The van der Waals surface area contributed by atoms with E-state index >= 15 is 0 Å². The lowest BCUT2D eigenvalue weighted by Gasteiger charge is -2.27. The SMILES string of the molecule is CCC(O)(O)C(C)[C](O)O. The van der Waals surface area contributed by atoms with E-state index < -0.39 is 18.0 Å². The van der Waals surface area contributed by atoms with Crippen molar-refractivity contribution in [2.45, 2.75) is 26.1 Å². The third-order valence-corrected chi connectivity index (χ3v) is 1.60. The second-order valence-electron chi connectivity index (χ2n) is 2.31. The molecule has 0 aromatic heterocycles. The van der Waals surface area contributed by atoms with Gasteiger partial charge in [0.25, 0.3) is 0 Å². The summed E-state index contributed by atoms with van der Waals surface area (Å²) >= 11 is 0. The molecular weight excluding hydrogens is 136 g/mol. The molecule has 0 aliphatic rings. The summed E-state index contributed by atoms with van der Waals surface area (Å²) in [5.74, 6) is -3.05. The first-order valence-corrected chi connectivity index (χ1v) is 3.11. The number of hydrogen-bond donors (Lipinski definition) is 4. The topological polar surface area (TPSA) is 80.9 Å². The van der Waals surface area contributed by atoms with Crippen LogP contribution in [0.4, 0.5) is 0 Å². The molecule has 1 atom stereocenters. The smallest absolute Gasteiger partial charge is 0.226 e. The van der Waals surface area contributed by atoms with E-state index in [0.717, 1.165) is 0 Å². The van der Waals surface area contributed by atoms with Crippen LogP contribution in [0.5, 0.6) is 0 Å². The molecule has 0 aromatic rings. The van der Waals surface area contributed by atoms with Gasteiger partial charge < -0.3 is 20.4 Å². The highest BCUT2D eigenvalue weighted by molar-refractivity contribution is 4.80. The average molecular weight is 149 g/mol. The number of hydrogen-bond acceptors (Lipinski definition) is 4. The summed E-state index contributed by atoms with van der Waals surface area (Å²) in [5.41, 5.74) is 0. The minimum absolute atomic E-state index is 0.0544. The molecule has 1 unspecified atom stereocenters. The zero-order valence-electron chi connectivity index (χ0n) is 6.07. The Balaban J connectivity index is 4.03. The van der Waals surface area contributed by atoms with Crippen LogP contribution in [0, 0.1) is 12.2 Å². The highest BCUT2D eigenvalue weighted by Crippen LogP contribution is 2.23. The molecule has 0 bridgehead atoms. The molecule has 0 aromatic carbocycles. The predicted molar refractivity (Wildman–Crippen MR) is 33.7 cm³/mol. The molecule has 10 heavy (non-hydrogen) atoms. The van der Waals surface area contributed by atoms with Crippen LogP contribution < -0.4 is 0 Å². The minimum Gasteiger partial charge on any atom is -0.365 e. The Morgan fingerprint density at radius 1 is 1.40 bits per heavy atom. The Morgan fingerprint density at radius 3 is 1.90 bits per heavy atom. The maximum atomic E-state index is 8.98. The van der Waals surface area contributed by atoms with Gasteiger partial charge in [-0.25, -0.2) is 0 Å². The van der Waals surface area contributed by atoms with E-state index in [4.69, 9.17) is 20.4 Å². The van der Waals surface area contributed by atoms with Gasteiger partial charge in [0.2, 0.25) is 6.29 Å². The zero-order valence-corrected chi connectivity index (χ0v) is 6.07. The van der Waals surface area contributed by atoms with E-state index in [2.05, 4.69) is 0 Å². The van der Waals surface area contributed by atoms with Crippen LogP contribution in [0.15, 0.2) is 0 Å². The van der Waals surface area contributed by atoms with Crippen LogP contribution in [-0.2, 0) is 0 Å². The number of aliphatic hydroxyl groups excluding tert-OH is 1. The van der Waals surface area contributed by atoms with Crippen LogP contribution >= 0.6 is 0 Å². The Kier molecular flexibility index (Phi) is 3.24. The van der Waals surface area contributed by atoms with E-state index in [-0.39, 0.29) is 6.42 Å². The first kappa shape index (κ1) is 9.84. The van der Waals surface area contributed by atoms with Crippen LogP contribution in [0.25, 0.3) is 0 Å². The summed E-state index contributed by atoms with van der Waals surface area (Å²) in [5, 5.41) is 34.8. The van der Waals surface area contributed by atoms with Gasteiger partial charge >= 0.3 is 0 Å². The monoisotopic (exact) mass is 149 g/mol. The third kappa shape index (κ3) is 2.22. The van der Waals surface area contributed by atoms with E-state index in [1.165, 1.54) is 6.92 Å². The van der Waals surface area contributed by atoms with Gasteiger partial charge in [-0.3, -0.25) is 0 Å². The maximum Gasteiger partial charge on any atom is 0.226 e. The molecule has 0 spiro atoms. The van der Waals surface area contributed by atoms with E-state index in [0.29, 0.717) is 0 Å². The van der Waals surface area contributed by atoms with Crippen molar-refractivity contribution in [3.63, 3.8) is 0 Å². The molecule has 0 rings (SSSR count). The third-order valence-electron chi connectivity index (χ3n) is 1.60. The maximum absolute atomic E-state index is 8.98. The molecule has 0 fully saturated rings. The Morgan fingerprint density at radius 2 is 1.80 bits per heavy atom. The first-order valence-electron chi connectivity index (χ1n) is 3.11. The van der Waals surface area contributed by atoms with Crippen LogP contribution in [0.1, 0.15) is 20.3 Å². The summed E-state index contributed by atoms with van der Waals surface area (Å²) < 4.78 is 0. The van der Waals surface area contributed by atoms with Crippen LogP contribution in [0.2, 0.25) is 0 Å². The first-order chi connectivity index (χ1) is 4.41. The molecule has 4 nitrogen and oxygen atoms in total. The second-order valence-corrected chi connectivity index (χ2v) is 2.31. The lowest BCUT2D eigenvalue weighted by Crippen LogP contribution is -2.38. The molecule has 4 heteroatoms. The molecule has 0 saturated heterocycles. The lowest BCUT2D eigenvalue weighted by atomic mass is 9.98. The van der Waals surface area contributed by atoms with Crippen molar-refractivity contribution >= 4 is 0 Å². The molecule has 0 aliphatic heterocycles. The predicted octanol–water partition coefficient (Wildman–Crippen LogP) is -0.0521. The second kappa shape index (κ2) is 3.30. The van der Waals surface area contributed by atoms with E-state index in [1.807, 2.05) is 0 Å². The Hall–Kier alpha value is -0.160. The molecule has 0 heterocycles. The Bertz CT molecular complexity index is 99.9. The van der Waals surface area contributed by atoms with Gasteiger partial charge in [0, 0.05) is 0 Å². The molecule has 61 valence electrons. The van der Waals surface area contributed by atoms with Gasteiger partial charge in [-0.1, -0.05) is 13.8 Å². The zero-order chi connectivity index (χ0) is 8.36.